The van der Waals surface area contributed by atoms with E-state index in [1.807, 2.05) is 4.90 Å². The van der Waals surface area contributed by atoms with Crippen LogP contribution in [0, 0.1) is 5.92 Å². The Labute approximate surface area is 118 Å². The first kappa shape index (κ1) is 15.6. The van der Waals surface area contributed by atoms with Gasteiger partial charge >= 0.3 is 0 Å². The minimum atomic E-state index is -2.57. The third-order valence-electron chi connectivity index (χ3n) is 4.29. The van der Waals surface area contributed by atoms with Crippen molar-refractivity contribution in [2.75, 3.05) is 26.2 Å². The topological polar surface area (TPSA) is 55.6 Å². The number of rotatable bonds is 4. The largest absolute Gasteiger partial charge is 0.377 e. The molecule has 1 saturated heterocycles. The number of nitrogens with two attached hydrogens (primary N) is 1. The van der Waals surface area contributed by atoms with E-state index in [0.717, 1.165) is 12.8 Å². The number of nitrogens with zero attached hydrogens (tertiary/aromatic N) is 1. The van der Waals surface area contributed by atoms with E-state index >= 15 is 0 Å². The highest BCUT2D eigenvalue weighted by Crippen LogP contribution is 2.37. The van der Waals surface area contributed by atoms with Crippen molar-refractivity contribution in [2.24, 2.45) is 11.7 Å². The summed E-state index contributed by atoms with van der Waals surface area (Å²) in [5, 5.41) is 0. The molecule has 0 unspecified atom stereocenters. The standard InChI is InChI=1S/C14H24F2N2O2/c15-14(16)5-1-11(2-6-14)13(19)18-8-3-12(4-9-18)20-10-7-17/h11-12H,1-10,17H2. The molecule has 2 rings (SSSR count). The normalized spacial score (nSPS) is 24.9. The summed E-state index contributed by atoms with van der Waals surface area (Å²) in [7, 11) is 0. The lowest BCUT2D eigenvalue weighted by molar-refractivity contribution is -0.142. The molecule has 1 aliphatic carbocycles. The molecule has 0 aromatic carbocycles. The summed E-state index contributed by atoms with van der Waals surface area (Å²) < 4.78 is 31.8. The van der Waals surface area contributed by atoms with Crippen molar-refractivity contribution >= 4 is 5.91 Å². The Hall–Kier alpha value is -0.750. The molecule has 0 spiro atoms. The van der Waals surface area contributed by atoms with Gasteiger partial charge < -0.3 is 15.4 Å². The first-order valence-electron chi connectivity index (χ1n) is 7.50. The summed E-state index contributed by atoms with van der Waals surface area (Å²) in [6.45, 7) is 2.40. The quantitative estimate of drug-likeness (QED) is 0.858. The summed E-state index contributed by atoms with van der Waals surface area (Å²) in [6, 6.07) is 0. The Balaban J connectivity index is 1.75. The summed E-state index contributed by atoms with van der Waals surface area (Å²) in [5.74, 6) is -2.73. The molecule has 1 saturated carbocycles. The zero-order chi connectivity index (χ0) is 14.6. The first-order chi connectivity index (χ1) is 9.52. The fourth-order valence-electron chi connectivity index (χ4n) is 3.02. The van der Waals surface area contributed by atoms with Crippen LogP contribution in [-0.2, 0) is 9.53 Å². The molecule has 2 N–H and O–H groups in total. The second-order valence-electron chi connectivity index (χ2n) is 5.81. The highest BCUT2D eigenvalue weighted by Gasteiger charge is 2.39. The Kier molecular flexibility index (Phi) is 5.32. The van der Waals surface area contributed by atoms with Gasteiger partial charge in [0, 0.05) is 38.4 Å². The van der Waals surface area contributed by atoms with Crippen LogP contribution in [-0.4, -0.2) is 49.1 Å². The Morgan fingerprint density at radius 3 is 2.35 bits per heavy atom. The van der Waals surface area contributed by atoms with Gasteiger partial charge in [0.2, 0.25) is 11.8 Å². The van der Waals surface area contributed by atoms with Crippen molar-refractivity contribution in [2.45, 2.75) is 50.6 Å². The number of likely N-dealkylation sites (tertiary alicyclic amines) is 1. The van der Waals surface area contributed by atoms with E-state index in [4.69, 9.17) is 10.5 Å². The smallest absolute Gasteiger partial charge is 0.248 e. The van der Waals surface area contributed by atoms with E-state index < -0.39 is 5.92 Å². The second-order valence-corrected chi connectivity index (χ2v) is 5.81. The van der Waals surface area contributed by atoms with E-state index in [1.165, 1.54) is 0 Å². The number of ether oxygens (including phenoxy) is 1. The zero-order valence-electron chi connectivity index (χ0n) is 11.8. The first-order valence-corrected chi connectivity index (χ1v) is 7.50. The van der Waals surface area contributed by atoms with Crippen LogP contribution in [0.15, 0.2) is 0 Å². The monoisotopic (exact) mass is 290 g/mol. The van der Waals surface area contributed by atoms with Crippen molar-refractivity contribution < 1.29 is 18.3 Å². The average molecular weight is 290 g/mol. The molecule has 0 bridgehead atoms. The van der Waals surface area contributed by atoms with E-state index in [-0.39, 0.29) is 30.8 Å². The minimum Gasteiger partial charge on any atom is -0.377 e. The van der Waals surface area contributed by atoms with Crippen molar-refractivity contribution in [1.29, 1.82) is 0 Å². The lowest BCUT2D eigenvalue weighted by atomic mass is 9.85. The van der Waals surface area contributed by atoms with Crippen molar-refractivity contribution in [1.82, 2.24) is 4.90 Å². The lowest BCUT2D eigenvalue weighted by Crippen LogP contribution is -2.45. The molecule has 1 amide bonds. The van der Waals surface area contributed by atoms with Crippen LogP contribution in [0.25, 0.3) is 0 Å². The van der Waals surface area contributed by atoms with Crippen molar-refractivity contribution in [3.05, 3.63) is 0 Å². The van der Waals surface area contributed by atoms with Crippen LogP contribution in [0.2, 0.25) is 0 Å². The highest BCUT2D eigenvalue weighted by molar-refractivity contribution is 5.79. The van der Waals surface area contributed by atoms with Gasteiger partial charge in [-0.2, -0.15) is 0 Å². The van der Waals surface area contributed by atoms with E-state index in [9.17, 15) is 13.6 Å². The van der Waals surface area contributed by atoms with Crippen LogP contribution in [0.4, 0.5) is 8.78 Å². The van der Waals surface area contributed by atoms with Crippen LogP contribution in [0.3, 0.4) is 0 Å². The summed E-state index contributed by atoms with van der Waals surface area (Å²) in [5.41, 5.74) is 5.39. The molecule has 0 aromatic rings. The third-order valence-corrected chi connectivity index (χ3v) is 4.29. The molecule has 2 aliphatic rings. The van der Waals surface area contributed by atoms with Gasteiger partial charge in [-0.25, -0.2) is 8.78 Å². The molecule has 0 radical (unpaired) electrons. The third kappa shape index (κ3) is 4.12. The molecule has 4 nitrogen and oxygen atoms in total. The van der Waals surface area contributed by atoms with Gasteiger partial charge in [0.25, 0.3) is 0 Å². The number of amides is 1. The van der Waals surface area contributed by atoms with Gasteiger partial charge in [-0.3, -0.25) is 4.79 Å². The molecule has 0 aromatic heterocycles. The number of halogens is 2. The summed E-state index contributed by atoms with van der Waals surface area (Å²) in [4.78, 5) is 14.1. The van der Waals surface area contributed by atoms with Gasteiger partial charge in [-0.15, -0.1) is 0 Å². The predicted molar refractivity (Wildman–Crippen MR) is 71.5 cm³/mol. The van der Waals surface area contributed by atoms with Gasteiger partial charge in [0.05, 0.1) is 12.7 Å². The minimum absolute atomic E-state index is 0.0535. The lowest BCUT2D eigenvalue weighted by Gasteiger charge is -2.36. The molecule has 116 valence electrons. The number of piperidine rings is 1. The van der Waals surface area contributed by atoms with Crippen LogP contribution >= 0.6 is 0 Å². The van der Waals surface area contributed by atoms with Gasteiger partial charge in [-0.1, -0.05) is 0 Å². The molecular formula is C14H24F2N2O2. The average Bonchev–Trinajstić information content (AvgIpc) is 2.45. The molecular weight excluding hydrogens is 266 g/mol. The highest BCUT2D eigenvalue weighted by atomic mass is 19.3. The summed E-state index contributed by atoms with van der Waals surface area (Å²) >= 11 is 0. The van der Waals surface area contributed by atoms with Crippen molar-refractivity contribution in [3.63, 3.8) is 0 Å². The maximum atomic E-state index is 13.1. The maximum absolute atomic E-state index is 13.1. The Morgan fingerprint density at radius 1 is 1.20 bits per heavy atom. The fourth-order valence-corrected chi connectivity index (χ4v) is 3.02. The molecule has 2 fully saturated rings. The number of alkyl halides is 2. The maximum Gasteiger partial charge on any atom is 0.248 e. The molecule has 1 aliphatic heterocycles. The van der Waals surface area contributed by atoms with Gasteiger partial charge in [0.1, 0.15) is 0 Å². The number of carbonyl (C=O) groups excluding carboxylic acids is 1. The SMILES string of the molecule is NCCOC1CCN(C(=O)C2CCC(F)(F)CC2)CC1. The Morgan fingerprint density at radius 2 is 1.80 bits per heavy atom. The van der Waals surface area contributed by atoms with Crippen LogP contribution in [0.5, 0.6) is 0 Å². The second kappa shape index (κ2) is 6.80. The van der Waals surface area contributed by atoms with E-state index in [1.54, 1.807) is 0 Å². The van der Waals surface area contributed by atoms with Gasteiger partial charge in [0.15, 0.2) is 0 Å². The van der Waals surface area contributed by atoms with E-state index in [2.05, 4.69) is 0 Å². The zero-order valence-corrected chi connectivity index (χ0v) is 11.8. The fraction of sp³-hybridized carbons (Fsp3) is 0.929. The van der Waals surface area contributed by atoms with E-state index in [0.29, 0.717) is 39.1 Å². The molecule has 0 atom stereocenters. The summed E-state index contributed by atoms with van der Waals surface area (Å²) in [6.07, 6.45) is 2.13. The molecule has 20 heavy (non-hydrogen) atoms. The molecule has 1 heterocycles. The molecule has 6 heteroatoms. The van der Waals surface area contributed by atoms with Crippen molar-refractivity contribution in [3.8, 4) is 0 Å². The Bertz CT molecular complexity index is 321. The predicted octanol–water partition coefficient (Wildman–Crippen LogP) is 1.78. The number of hydrogen-bond acceptors (Lipinski definition) is 3. The van der Waals surface area contributed by atoms with Gasteiger partial charge in [-0.05, 0) is 25.7 Å². The number of carbonyl (C=O) groups is 1. The number of hydrogen-bond donors (Lipinski definition) is 1. The van der Waals surface area contributed by atoms with Crippen LogP contribution < -0.4 is 5.73 Å². The van der Waals surface area contributed by atoms with Crippen LogP contribution in [0.1, 0.15) is 38.5 Å².